The summed E-state index contributed by atoms with van der Waals surface area (Å²) in [6, 6.07) is 52.1. The molecule has 0 N–H and O–H groups in total. The van der Waals surface area contributed by atoms with E-state index in [4.69, 9.17) is 0 Å². The highest BCUT2D eigenvalue weighted by atomic mass is 19.4. The van der Waals surface area contributed by atoms with Crippen LogP contribution >= 0.6 is 0 Å². The van der Waals surface area contributed by atoms with Crippen molar-refractivity contribution in [3.63, 3.8) is 0 Å². The molecule has 0 aliphatic carbocycles. The molecule has 9 rings (SSSR count). The third kappa shape index (κ3) is 4.33. The zero-order valence-electron chi connectivity index (χ0n) is 25.1. The van der Waals surface area contributed by atoms with Gasteiger partial charge >= 0.3 is 6.18 Å². The zero-order chi connectivity index (χ0) is 31.7. The summed E-state index contributed by atoms with van der Waals surface area (Å²) >= 11 is 0. The molecule has 0 heterocycles. The van der Waals surface area contributed by atoms with Gasteiger partial charge in [0.1, 0.15) is 0 Å². The second kappa shape index (κ2) is 10.3. The highest BCUT2D eigenvalue weighted by molar-refractivity contribution is 6.25. The van der Waals surface area contributed by atoms with Crippen LogP contribution in [0.4, 0.5) is 30.2 Å². The van der Waals surface area contributed by atoms with Crippen molar-refractivity contribution in [2.45, 2.75) is 6.18 Å². The molecular formula is C43H26F3N. The first-order valence-electron chi connectivity index (χ1n) is 15.6. The van der Waals surface area contributed by atoms with Gasteiger partial charge in [-0.1, -0.05) is 121 Å². The molecule has 4 heteroatoms. The third-order valence-corrected chi connectivity index (χ3v) is 9.35. The lowest BCUT2D eigenvalue weighted by atomic mass is 9.89. The van der Waals surface area contributed by atoms with E-state index in [1.54, 1.807) is 12.1 Å². The summed E-state index contributed by atoms with van der Waals surface area (Å²) in [5.74, 6) is 0. The van der Waals surface area contributed by atoms with Crippen LogP contribution in [0.3, 0.4) is 0 Å². The van der Waals surface area contributed by atoms with Crippen LogP contribution in [0.2, 0.25) is 0 Å². The Hall–Kier alpha value is -5.87. The van der Waals surface area contributed by atoms with E-state index in [9.17, 15) is 13.2 Å². The van der Waals surface area contributed by atoms with Crippen molar-refractivity contribution in [2.75, 3.05) is 4.90 Å². The zero-order valence-corrected chi connectivity index (χ0v) is 25.1. The molecule has 0 aliphatic rings. The van der Waals surface area contributed by atoms with Gasteiger partial charge in [0.25, 0.3) is 0 Å². The van der Waals surface area contributed by atoms with Gasteiger partial charge in [-0.05, 0) is 90.6 Å². The summed E-state index contributed by atoms with van der Waals surface area (Å²) in [4.78, 5) is 2.33. The van der Waals surface area contributed by atoms with Crippen LogP contribution in [0.15, 0.2) is 158 Å². The quantitative estimate of drug-likeness (QED) is 0.141. The second-order valence-corrected chi connectivity index (χ2v) is 12.0. The predicted octanol–water partition coefficient (Wildman–Crippen LogP) is 13.0. The maximum absolute atomic E-state index is 13.5. The van der Waals surface area contributed by atoms with Crippen molar-refractivity contribution in [3.8, 4) is 11.1 Å². The Morgan fingerprint density at radius 2 is 0.894 bits per heavy atom. The van der Waals surface area contributed by atoms with E-state index in [0.717, 1.165) is 60.5 Å². The summed E-state index contributed by atoms with van der Waals surface area (Å²) in [6.07, 6.45) is -4.40. The minimum absolute atomic E-state index is 0.657. The lowest BCUT2D eigenvalue weighted by Crippen LogP contribution is -2.11. The fourth-order valence-corrected chi connectivity index (χ4v) is 7.33. The number of nitrogens with zero attached hydrogens (tertiary/aromatic N) is 1. The Bertz CT molecular complexity index is 2480. The van der Waals surface area contributed by atoms with Crippen LogP contribution in [0.25, 0.3) is 65.0 Å². The Morgan fingerprint density at radius 3 is 1.45 bits per heavy atom. The molecule has 0 unspecified atom stereocenters. The van der Waals surface area contributed by atoms with Gasteiger partial charge in [0, 0.05) is 22.1 Å². The summed E-state index contributed by atoms with van der Waals surface area (Å²) in [6.45, 7) is 0. The number of fused-ring (bicyclic) bond motifs is 2. The minimum Gasteiger partial charge on any atom is -0.309 e. The lowest BCUT2D eigenvalue weighted by molar-refractivity contribution is -0.137. The molecule has 0 fully saturated rings. The van der Waals surface area contributed by atoms with Crippen LogP contribution in [-0.2, 0) is 6.18 Å². The summed E-state index contributed by atoms with van der Waals surface area (Å²) in [5, 5.41) is 11.3. The van der Waals surface area contributed by atoms with Crippen LogP contribution < -0.4 is 4.90 Å². The van der Waals surface area contributed by atoms with E-state index >= 15 is 0 Å². The van der Waals surface area contributed by atoms with Gasteiger partial charge in [0.2, 0.25) is 0 Å². The molecule has 224 valence electrons. The number of hydrogen-bond donors (Lipinski definition) is 0. The Balaban J connectivity index is 1.37. The lowest BCUT2D eigenvalue weighted by Gasteiger charge is -2.30. The van der Waals surface area contributed by atoms with Gasteiger partial charge in [-0.15, -0.1) is 0 Å². The molecule has 0 amide bonds. The highest BCUT2D eigenvalue weighted by Gasteiger charge is 2.30. The average Bonchev–Trinajstić information content (AvgIpc) is 3.10. The fourth-order valence-electron chi connectivity index (χ4n) is 7.33. The van der Waals surface area contributed by atoms with Crippen molar-refractivity contribution in [1.29, 1.82) is 0 Å². The molecule has 0 bridgehead atoms. The van der Waals surface area contributed by atoms with Crippen LogP contribution in [0.5, 0.6) is 0 Å². The molecule has 0 spiro atoms. The normalized spacial score (nSPS) is 12.1. The molecular weight excluding hydrogens is 587 g/mol. The number of hydrogen-bond acceptors (Lipinski definition) is 1. The smallest absolute Gasteiger partial charge is 0.309 e. The number of anilines is 3. The van der Waals surface area contributed by atoms with E-state index in [2.05, 4.69) is 95.9 Å². The first-order chi connectivity index (χ1) is 23.0. The summed E-state index contributed by atoms with van der Waals surface area (Å²) in [7, 11) is 0. The minimum atomic E-state index is -4.40. The number of benzene rings is 9. The maximum atomic E-state index is 13.5. The molecule has 1 nitrogen and oxygen atoms in total. The first kappa shape index (κ1) is 27.4. The Kier molecular flexibility index (Phi) is 6.03. The van der Waals surface area contributed by atoms with Crippen molar-refractivity contribution in [2.24, 2.45) is 0 Å². The molecule has 0 aromatic heterocycles. The molecule has 0 saturated carbocycles. The van der Waals surface area contributed by atoms with Crippen LogP contribution in [-0.4, -0.2) is 0 Å². The standard InChI is InChI=1S/C43H26F3N/c44-43(45,46)32-23-21-29(22-24-32)41-35-13-4-6-15-37(35)42(38-16-7-5-14-36(38)41)47(33-11-2-1-3-12-33)34-25-30-19-17-27-9-8-10-28-18-20-31(26-34)40(30)39(27)28/h1-26H. The summed E-state index contributed by atoms with van der Waals surface area (Å²) < 4.78 is 40.5. The van der Waals surface area contributed by atoms with Gasteiger partial charge in [-0.2, -0.15) is 13.2 Å². The summed E-state index contributed by atoms with van der Waals surface area (Å²) in [5.41, 5.74) is 4.06. The molecule has 0 radical (unpaired) electrons. The van der Waals surface area contributed by atoms with Gasteiger partial charge in [-0.25, -0.2) is 0 Å². The topological polar surface area (TPSA) is 3.24 Å². The fraction of sp³-hybridized carbons (Fsp3) is 0.0233. The van der Waals surface area contributed by atoms with Gasteiger partial charge in [-0.3, -0.25) is 0 Å². The average molecular weight is 614 g/mol. The molecule has 9 aromatic rings. The van der Waals surface area contributed by atoms with Gasteiger partial charge in [0.05, 0.1) is 11.3 Å². The first-order valence-corrected chi connectivity index (χ1v) is 15.6. The highest BCUT2D eigenvalue weighted by Crippen LogP contribution is 2.49. The van der Waals surface area contributed by atoms with E-state index < -0.39 is 11.7 Å². The molecule has 0 aliphatic heterocycles. The van der Waals surface area contributed by atoms with Crippen molar-refractivity contribution in [3.05, 3.63) is 163 Å². The van der Waals surface area contributed by atoms with Crippen molar-refractivity contribution in [1.82, 2.24) is 0 Å². The van der Waals surface area contributed by atoms with Crippen LogP contribution in [0.1, 0.15) is 5.56 Å². The third-order valence-electron chi connectivity index (χ3n) is 9.35. The molecule has 0 saturated heterocycles. The predicted molar refractivity (Wildman–Crippen MR) is 190 cm³/mol. The SMILES string of the molecule is FC(F)(F)c1ccc(-c2c3ccccc3c(N(c3ccccc3)c3cc4ccc5cccc6ccc(c3)c4c56)c3ccccc23)cc1. The molecule has 9 aromatic carbocycles. The van der Waals surface area contributed by atoms with E-state index in [1.807, 2.05) is 42.5 Å². The van der Waals surface area contributed by atoms with E-state index in [1.165, 1.54) is 33.7 Å². The number of para-hydroxylation sites is 1. The van der Waals surface area contributed by atoms with Crippen molar-refractivity contribution < 1.29 is 13.2 Å². The molecule has 0 atom stereocenters. The maximum Gasteiger partial charge on any atom is 0.416 e. The monoisotopic (exact) mass is 613 g/mol. The second-order valence-electron chi connectivity index (χ2n) is 12.0. The number of halogens is 3. The number of alkyl halides is 3. The van der Waals surface area contributed by atoms with Gasteiger partial charge in [0.15, 0.2) is 0 Å². The van der Waals surface area contributed by atoms with Crippen molar-refractivity contribution >= 4 is 70.9 Å². The Morgan fingerprint density at radius 1 is 0.404 bits per heavy atom. The Labute approximate surface area is 269 Å². The van der Waals surface area contributed by atoms with Crippen LogP contribution in [0, 0.1) is 0 Å². The van der Waals surface area contributed by atoms with E-state index in [-0.39, 0.29) is 0 Å². The number of rotatable bonds is 4. The van der Waals surface area contributed by atoms with Gasteiger partial charge < -0.3 is 4.90 Å². The molecule has 47 heavy (non-hydrogen) atoms. The van der Waals surface area contributed by atoms with E-state index in [0.29, 0.717) is 0 Å². The largest absolute Gasteiger partial charge is 0.416 e.